The summed E-state index contributed by atoms with van der Waals surface area (Å²) in [7, 11) is 0. The zero-order valence-electron chi connectivity index (χ0n) is 8.79. The van der Waals surface area contributed by atoms with Crippen LogP contribution in [0.5, 0.6) is 0 Å². The van der Waals surface area contributed by atoms with Gasteiger partial charge in [0.15, 0.2) is 0 Å². The van der Waals surface area contributed by atoms with Crippen molar-refractivity contribution in [3.63, 3.8) is 0 Å². The van der Waals surface area contributed by atoms with E-state index in [0.717, 1.165) is 0 Å². The molecule has 0 fully saturated rings. The average molecular weight is 195 g/mol. The molecule has 0 heterocycles. The summed E-state index contributed by atoms with van der Waals surface area (Å²) in [6, 6.07) is -0.713. The van der Waals surface area contributed by atoms with Gasteiger partial charge in [-0.2, -0.15) is 0 Å². The van der Waals surface area contributed by atoms with Crippen molar-refractivity contribution in [2.75, 3.05) is 0 Å². The summed E-state index contributed by atoms with van der Waals surface area (Å²) in [6.45, 7) is 3.55. The number of carboxylic acid groups (broad SMARTS) is 1. The molecule has 0 aromatic heterocycles. The number of aliphatic carboxylic acids is 1. The van der Waals surface area contributed by atoms with Crippen molar-refractivity contribution in [2.24, 2.45) is 11.7 Å². The fraction of sp³-hybridized carbons (Fsp3) is 0.800. The number of hydrogen-bond donors (Lipinski definition) is 2. The Labute approximate surface area is 98.5 Å². The molecule has 0 aromatic rings. The number of hydrogen-bond acceptors (Lipinski definition) is 2. The first-order chi connectivity index (χ1) is 3.55. The van der Waals surface area contributed by atoms with Gasteiger partial charge in [-0.3, -0.25) is 4.79 Å². The Balaban J connectivity index is -0.0000000245. The van der Waals surface area contributed by atoms with Gasteiger partial charge in [-0.15, -0.1) is 0 Å². The summed E-state index contributed by atoms with van der Waals surface area (Å²) in [6.07, 6.45) is 0. The first-order valence-corrected chi connectivity index (χ1v) is 2.54. The van der Waals surface area contributed by atoms with Gasteiger partial charge in [0, 0.05) is 0 Å². The Hall–Kier alpha value is 0.610. The molecule has 0 amide bonds. The summed E-state index contributed by atoms with van der Waals surface area (Å²) in [5.74, 6) is -0.910. The zero-order valence-corrected chi connectivity index (χ0v) is 9.00. The van der Waals surface area contributed by atoms with Gasteiger partial charge in [0.2, 0.25) is 0 Å². The standard InChI is InChI=1S/C5H11NO2.Ca.2H2O.2H/c1-3(2)4(6)5(7)8;;;;;/h3-4H,6H2,1-2H3,(H,7,8);;2*1H2;;/q;+2;;;2*-1/t4-;;;;;/m0...../s1. The summed E-state index contributed by atoms with van der Waals surface area (Å²) in [5, 5.41) is 8.23. The van der Waals surface area contributed by atoms with E-state index in [-0.39, 0.29) is 57.5 Å². The van der Waals surface area contributed by atoms with E-state index < -0.39 is 12.0 Å². The van der Waals surface area contributed by atoms with Crippen LogP contribution in [-0.2, 0) is 4.79 Å². The molecule has 0 saturated carbocycles. The quantitative estimate of drug-likeness (QED) is 0.507. The first kappa shape index (κ1) is 22.6. The maximum atomic E-state index is 10.0. The van der Waals surface area contributed by atoms with Gasteiger partial charge in [-0.25, -0.2) is 0 Å². The van der Waals surface area contributed by atoms with Gasteiger partial charge in [0.25, 0.3) is 0 Å². The molecule has 11 heavy (non-hydrogen) atoms. The second kappa shape index (κ2) is 10.6. The van der Waals surface area contributed by atoms with Crippen LogP contribution in [0.4, 0.5) is 0 Å². The van der Waals surface area contributed by atoms with E-state index in [1.165, 1.54) is 0 Å². The van der Waals surface area contributed by atoms with Gasteiger partial charge in [-0.05, 0) is 5.92 Å². The van der Waals surface area contributed by atoms with Crippen LogP contribution in [-0.4, -0.2) is 65.8 Å². The second-order valence-corrected chi connectivity index (χ2v) is 2.11. The monoisotopic (exact) mass is 195 g/mol. The predicted octanol–water partition coefficient (Wildman–Crippen LogP) is -1.75. The summed E-state index contributed by atoms with van der Waals surface area (Å²) in [4.78, 5) is 10.0. The molecular weight excluding hydrogens is 178 g/mol. The summed E-state index contributed by atoms with van der Waals surface area (Å²) in [5.41, 5.74) is 5.16. The Morgan fingerprint density at radius 2 is 1.73 bits per heavy atom. The third-order valence-electron chi connectivity index (χ3n) is 1.00. The van der Waals surface area contributed by atoms with Crippen LogP contribution in [0.1, 0.15) is 16.7 Å². The second-order valence-electron chi connectivity index (χ2n) is 2.11. The van der Waals surface area contributed by atoms with Gasteiger partial charge in [0.1, 0.15) is 6.04 Å². The summed E-state index contributed by atoms with van der Waals surface area (Å²) < 4.78 is 0. The van der Waals surface area contributed by atoms with Crippen molar-refractivity contribution in [1.29, 1.82) is 0 Å². The maximum absolute atomic E-state index is 10.0. The van der Waals surface area contributed by atoms with Gasteiger partial charge in [-0.1, -0.05) is 13.8 Å². The molecule has 0 saturated heterocycles. The minimum Gasteiger partial charge on any atom is -1.00 e. The molecule has 0 aliphatic heterocycles. The zero-order chi connectivity index (χ0) is 6.73. The van der Waals surface area contributed by atoms with E-state index in [1.807, 2.05) is 0 Å². The van der Waals surface area contributed by atoms with Crippen molar-refractivity contribution in [3.8, 4) is 0 Å². The van der Waals surface area contributed by atoms with Gasteiger partial charge in [0.05, 0.1) is 0 Å². The summed E-state index contributed by atoms with van der Waals surface area (Å²) >= 11 is 0. The topological polar surface area (TPSA) is 126 Å². The van der Waals surface area contributed by atoms with Crippen LogP contribution in [0.25, 0.3) is 0 Å². The SMILES string of the molecule is CC(C)[C@H](N)C(=O)O.O.O.[Ca+2].[H-].[H-]. The Kier molecular flexibility index (Phi) is 21.8. The van der Waals surface area contributed by atoms with E-state index in [0.29, 0.717) is 0 Å². The van der Waals surface area contributed by atoms with Crippen molar-refractivity contribution >= 4 is 43.7 Å². The molecule has 0 aromatic carbocycles. The van der Waals surface area contributed by atoms with E-state index in [1.54, 1.807) is 13.8 Å². The van der Waals surface area contributed by atoms with E-state index in [9.17, 15) is 4.79 Å². The number of carboxylic acids is 1. The van der Waals surface area contributed by atoms with Crippen LogP contribution in [0.15, 0.2) is 0 Å². The molecular formula is C5H17CaNO4. The first-order valence-electron chi connectivity index (χ1n) is 2.54. The third kappa shape index (κ3) is 10.6. The minimum atomic E-state index is -0.931. The largest absolute Gasteiger partial charge is 2.00 e. The molecule has 0 aliphatic carbocycles. The van der Waals surface area contributed by atoms with Crippen LogP contribution in [0, 0.1) is 5.92 Å². The normalized spacial score (nSPS) is 10.2. The van der Waals surface area contributed by atoms with Crippen molar-refractivity contribution in [2.45, 2.75) is 19.9 Å². The Morgan fingerprint density at radius 1 is 1.45 bits per heavy atom. The van der Waals surface area contributed by atoms with E-state index >= 15 is 0 Å². The molecule has 0 radical (unpaired) electrons. The predicted molar refractivity (Wildman–Crippen MR) is 45.7 cm³/mol. The molecule has 1 atom stereocenters. The molecule has 7 N–H and O–H groups in total. The number of carbonyl (C=O) groups is 1. The molecule has 0 unspecified atom stereocenters. The van der Waals surface area contributed by atoms with E-state index in [2.05, 4.69) is 0 Å². The van der Waals surface area contributed by atoms with Gasteiger partial charge < -0.3 is 24.6 Å². The maximum Gasteiger partial charge on any atom is 2.00 e. The van der Waals surface area contributed by atoms with Crippen LogP contribution in [0.3, 0.4) is 0 Å². The molecule has 5 nitrogen and oxygen atoms in total. The minimum absolute atomic E-state index is 0. The third-order valence-corrected chi connectivity index (χ3v) is 1.00. The van der Waals surface area contributed by atoms with Gasteiger partial charge >= 0.3 is 43.7 Å². The Bertz CT molecular complexity index is 107. The van der Waals surface area contributed by atoms with Crippen molar-refractivity contribution in [1.82, 2.24) is 0 Å². The smallest absolute Gasteiger partial charge is 1.00 e. The number of nitrogens with two attached hydrogens (primary N) is 1. The molecule has 0 rings (SSSR count). The molecule has 0 aliphatic rings. The average Bonchev–Trinajstić information content (AvgIpc) is 1.64. The molecule has 68 valence electrons. The molecule has 6 heteroatoms. The van der Waals surface area contributed by atoms with Crippen LogP contribution < -0.4 is 5.73 Å². The van der Waals surface area contributed by atoms with Crippen molar-refractivity contribution < 1.29 is 23.7 Å². The fourth-order valence-electron chi connectivity index (χ4n) is 0.285. The van der Waals surface area contributed by atoms with Crippen LogP contribution >= 0.6 is 0 Å². The van der Waals surface area contributed by atoms with Crippen LogP contribution in [0.2, 0.25) is 0 Å². The Morgan fingerprint density at radius 3 is 1.73 bits per heavy atom. The number of rotatable bonds is 2. The van der Waals surface area contributed by atoms with Crippen molar-refractivity contribution in [3.05, 3.63) is 0 Å². The van der Waals surface area contributed by atoms with E-state index in [4.69, 9.17) is 10.8 Å². The molecule has 0 bridgehead atoms. The fourth-order valence-corrected chi connectivity index (χ4v) is 0.285. The molecule has 0 spiro atoms.